The van der Waals surface area contributed by atoms with Gasteiger partial charge in [0, 0.05) is 58.7 Å². The van der Waals surface area contributed by atoms with Crippen molar-refractivity contribution < 1.29 is 14.3 Å². The van der Waals surface area contributed by atoms with Crippen LogP contribution in [-0.4, -0.2) is 39.4 Å². The number of hydrogen-bond donors (Lipinski definition) is 0. The highest BCUT2D eigenvalue weighted by molar-refractivity contribution is 9.10. The third-order valence-electron chi connectivity index (χ3n) is 4.15. The summed E-state index contributed by atoms with van der Waals surface area (Å²) in [5, 5.41) is 5.33. The number of hydrogen-bond acceptors (Lipinski definition) is 6. The van der Waals surface area contributed by atoms with E-state index in [0.29, 0.717) is 25.5 Å². The lowest BCUT2D eigenvalue weighted by Crippen LogP contribution is -2.05. The van der Waals surface area contributed by atoms with E-state index < -0.39 is 5.97 Å². The number of nitrogens with zero attached hydrogens (tertiary/aromatic N) is 4. The second-order valence-electron chi connectivity index (χ2n) is 5.96. The van der Waals surface area contributed by atoms with Crippen molar-refractivity contribution in [3.63, 3.8) is 0 Å². The quantitative estimate of drug-likeness (QED) is 0.404. The maximum atomic E-state index is 11.9. The molecule has 0 N–H and O–H groups in total. The molecule has 3 heterocycles. The Bertz CT molecular complexity index is 1030. The molecule has 0 atom stereocenters. The molecule has 0 aliphatic heterocycles. The fourth-order valence-electron chi connectivity index (χ4n) is 3.01. The minimum absolute atomic E-state index is 0.293. The number of carbonyl (C=O) groups is 1. The second kappa shape index (κ2) is 9.07. The molecule has 0 saturated carbocycles. The minimum atomic E-state index is -0.409. The predicted molar refractivity (Wildman–Crippen MR) is 111 cm³/mol. The van der Waals surface area contributed by atoms with Crippen LogP contribution in [-0.2, 0) is 27.4 Å². The van der Waals surface area contributed by atoms with Crippen LogP contribution in [0, 0.1) is 0 Å². The van der Waals surface area contributed by atoms with E-state index in [1.54, 1.807) is 38.7 Å². The monoisotopic (exact) mass is 444 g/mol. The van der Waals surface area contributed by atoms with Gasteiger partial charge < -0.3 is 9.47 Å². The first-order valence-electron chi connectivity index (χ1n) is 8.92. The summed E-state index contributed by atoms with van der Waals surface area (Å²) in [5.41, 5.74) is 4.03. The first-order chi connectivity index (χ1) is 13.6. The Morgan fingerprint density at radius 1 is 1.29 bits per heavy atom. The van der Waals surface area contributed by atoms with Crippen LogP contribution >= 0.6 is 15.9 Å². The van der Waals surface area contributed by atoms with E-state index in [4.69, 9.17) is 14.5 Å². The molecule has 0 aliphatic carbocycles. The number of aromatic nitrogens is 4. The molecule has 0 fully saturated rings. The summed E-state index contributed by atoms with van der Waals surface area (Å²) in [4.78, 5) is 21.0. The van der Waals surface area contributed by atoms with E-state index in [0.717, 1.165) is 32.2 Å². The fraction of sp³-hybridized carbons (Fsp3) is 0.300. The van der Waals surface area contributed by atoms with Gasteiger partial charge in [0.2, 0.25) is 0 Å². The van der Waals surface area contributed by atoms with E-state index in [-0.39, 0.29) is 0 Å². The van der Waals surface area contributed by atoms with Crippen molar-refractivity contribution in [3.05, 3.63) is 46.5 Å². The van der Waals surface area contributed by atoms with Crippen molar-refractivity contribution in [2.75, 3.05) is 13.7 Å². The highest BCUT2D eigenvalue weighted by Gasteiger charge is 2.19. The van der Waals surface area contributed by atoms with Crippen molar-refractivity contribution in [1.29, 1.82) is 0 Å². The highest BCUT2D eigenvalue weighted by Crippen LogP contribution is 2.35. The Kier molecular flexibility index (Phi) is 6.53. The molecule has 0 amide bonds. The number of fused-ring (bicyclic) bond motifs is 1. The summed E-state index contributed by atoms with van der Waals surface area (Å²) in [5.74, 6) is -0.409. The van der Waals surface area contributed by atoms with Gasteiger partial charge in [-0.1, -0.05) is 0 Å². The maximum absolute atomic E-state index is 11.9. The molecule has 0 spiro atoms. The lowest BCUT2D eigenvalue weighted by Gasteiger charge is -2.14. The zero-order valence-corrected chi connectivity index (χ0v) is 17.6. The number of rotatable bonds is 7. The molecule has 0 aromatic carbocycles. The molecule has 28 heavy (non-hydrogen) atoms. The SMILES string of the molecule is CCOC(=O)C=Cc1c(COC)nc2c(cnn2CC)c1-c1cncc(Br)c1. The lowest BCUT2D eigenvalue weighted by molar-refractivity contribution is -0.137. The molecule has 0 aliphatic rings. The third-order valence-corrected chi connectivity index (χ3v) is 4.58. The van der Waals surface area contributed by atoms with Gasteiger partial charge in [-0.05, 0) is 41.9 Å². The van der Waals surface area contributed by atoms with Gasteiger partial charge in [-0.2, -0.15) is 5.10 Å². The van der Waals surface area contributed by atoms with Crippen LogP contribution in [0.2, 0.25) is 0 Å². The molecule has 3 rings (SSSR count). The normalized spacial score (nSPS) is 11.4. The largest absolute Gasteiger partial charge is 0.463 e. The highest BCUT2D eigenvalue weighted by atomic mass is 79.9. The second-order valence-corrected chi connectivity index (χ2v) is 6.87. The number of methoxy groups -OCH3 is 1. The van der Waals surface area contributed by atoms with E-state index in [9.17, 15) is 4.79 Å². The van der Waals surface area contributed by atoms with Crippen molar-refractivity contribution in [2.24, 2.45) is 0 Å². The number of aryl methyl sites for hydroxylation is 1. The molecule has 7 nitrogen and oxygen atoms in total. The molecule has 0 bridgehead atoms. The van der Waals surface area contributed by atoms with Crippen molar-refractivity contribution in [1.82, 2.24) is 19.7 Å². The minimum Gasteiger partial charge on any atom is -0.463 e. The Balaban J connectivity index is 2.32. The molecule has 3 aromatic rings. The van der Waals surface area contributed by atoms with E-state index >= 15 is 0 Å². The summed E-state index contributed by atoms with van der Waals surface area (Å²) in [6.45, 7) is 5.09. The van der Waals surface area contributed by atoms with E-state index in [2.05, 4.69) is 26.0 Å². The Morgan fingerprint density at radius 3 is 2.79 bits per heavy atom. The van der Waals surface area contributed by atoms with Gasteiger partial charge in [0.25, 0.3) is 0 Å². The van der Waals surface area contributed by atoms with Gasteiger partial charge >= 0.3 is 5.97 Å². The molecule has 0 radical (unpaired) electrons. The fourth-order valence-corrected chi connectivity index (χ4v) is 3.37. The van der Waals surface area contributed by atoms with Crippen LogP contribution < -0.4 is 0 Å². The molecule has 0 saturated heterocycles. The van der Waals surface area contributed by atoms with Crippen molar-refractivity contribution in [2.45, 2.75) is 27.0 Å². The Labute approximate surface area is 171 Å². The predicted octanol–water partition coefficient (Wildman–Crippen LogP) is 4.00. The van der Waals surface area contributed by atoms with Gasteiger partial charge in [-0.25, -0.2) is 14.5 Å². The number of pyridine rings is 2. The van der Waals surface area contributed by atoms with Crippen LogP contribution in [0.4, 0.5) is 0 Å². The van der Waals surface area contributed by atoms with Gasteiger partial charge in [-0.15, -0.1) is 0 Å². The maximum Gasteiger partial charge on any atom is 0.330 e. The number of carbonyl (C=O) groups excluding carboxylic acids is 1. The van der Waals surface area contributed by atoms with E-state index in [1.807, 2.05) is 17.7 Å². The first kappa shape index (κ1) is 20.2. The summed E-state index contributed by atoms with van der Waals surface area (Å²) < 4.78 is 13.1. The molecule has 146 valence electrons. The van der Waals surface area contributed by atoms with E-state index in [1.165, 1.54) is 6.08 Å². The Morgan fingerprint density at radius 2 is 2.11 bits per heavy atom. The van der Waals surface area contributed by atoms with Crippen LogP contribution in [0.1, 0.15) is 25.1 Å². The van der Waals surface area contributed by atoms with Crippen LogP contribution in [0.15, 0.2) is 35.2 Å². The number of esters is 1. The van der Waals surface area contributed by atoms with Gasteiger partial charge in [-0.3, -0.25) is 4.98 Å². The average molecular weight is 445 g/mol. The molecule has 3 aromatic heterocycles. The molecular formula is C20H21BrN4O3. The number of ether oxygens (including phenoxy) is 2. The van der Waals surface area contributed by atoms with Gasteiger partial charge in [0.15, 0.2) is 5.65 Å². The lowest BCUT2D eigenvalue weighted by atomic mass is 9.97. The molecule has 0 unspecified atom stereocenters. The van der Waals surface area contributed by atoms with Crippen molar-refractivity contribution >= 4 is 39.0 Å². The standard InChI is InChI=1S/C20H21BrN4O3/c1-4-25-20-16(11-23-25)19(13-8-14(21)10-22-9-13)15(17(24-20)12-27-3)6-7-18(26)28-5-2/h6-11H,4-5,12H2,1-3H3. The number of halogens is 1. The zero-order valence-electron chi connectivity index (χ0n) is 16.0. The zero-order chi connectivity index (χ0) is 20.1. The topological polar surface area (TPSA) is 79.1 Å². The summed E-state index contributed by atoms with van der Waals surface area (Å²) in [6.07, 6.45) is 8.42. The third kappa shape index (κ3) is 4.13. The average Bonchev–Trinajstić information content (AvgIpc) is 3.08. The Hall–Kier alpha value is -2.58. The first-order valence-corrected chi connectivity index (χ1v) is 9.71. The van der Waals surface area contributed by atoms with Gasteiger partial charge in [0.05, 0.1) is 25.1 Å². The van der Waals surface area contributed by atoms with Crippen molar-refractivity contribution in [3.8, 4) is 11.1 Å². The van der Waals surface area contributed by atoms with Gasteiger partial charge in [0.1, 0.15) is 0 Å². The molecule has 8 heteroatoms. The van der Waals surface area contributed by atoms with Crippen LogP contribution in [0.25, 0.3) is 28.2 Å². The summed E-state index contributed by atoms with van der Waals surface area (Å²) in [6, 6.07) is 1.98. The summed E-state index contributed by atoms with van der Waals surface area (Å²) in [7, 11) is 1.61. The van der Waals surface area contributed by atoms with Crippen LogP contribution in [0.5, 0.6) is 0 Å². The smallest absolute Gasteiger partial charge is 0.330 e. The molecular weight excluding hydrogens is 424 g/mol. The van der Waals surface area contributed by atoms with Crippen LogP contribution in [0.3, 0.4) is 0 Å². The summed E-state index contributed by atoms with van der Waals surface area (Å²) >= 11 is 3.48.